The molecule has 0 amide bonds. The average molecular weight is 258 g/mol. The van der Waals surface area contributed by atoms with Crippen molar-refractivity contribution in [3.05, 3.63) is 34.1 Å². The van der Waals surface area contributed by atoms with Gasteiger partial charge in [-0.25, -0.2) is 4.79 Å². The lowest BCUT2D eigenvalue weighted by atomic mass is 10.3. The third-order valence-electron chi connectivity index (χ3n) is 2.07. The van der Waals surface area contributed by atoms with Gasteiger partial charge >= 0.3 is 11.7 Å². The highest BCUT2D eigenvalue weighted by molar-refractivity contribution is 5.75. The molecule has 0 saturated heterocycles. The molecule has 8 heteroatoms. The molecule has 0 spiro atoms. The Bertz CT molecular complexity index is 466. The molecule has 0 heterocycles. The Kier molecular flexibility index (Phi) is 4.55. The number of nitrogens with zero attached hydrogens (tertiary/aromatic N) is 1. The molecule has 98 valence electrons. The number of carbonyl (C=O) groups is 1. The standard InChI is InChI=1S/C10H11FN2O5/c1-17-10(14)9(5-12)18-6-2-3-8(13(15)16)7(11)4-6/h2-4,9H,5,12H2,1H3. The van der Waals surface area contributed by atoms with Gasteiger partial charge in [-0.15, -0.1) is 0 Å². The second-order valence-corrected chi connectivity index (χ2v) is 3.24. The van der Waals surface area contributed by atoms with Gasteiger partial charge in [-0.3, -0.25) is 10.1 Å². The van der Waals surface area contributed by atoms with Crippen LogP contribution in [0.5, 0.6) is 5.75 Å². The topological polar surface area (TPSA) is 105 Å². The van der Waals surface area contributed by atoms with Gasteiger partial charge in [0.05, 0.1) is 12.0 Å². The molecule has 1 rings (SSSR count). The maximum atomic E-state index is 13.3. The normalized spacial score (nSPS) is 11.7. The van der Waals surface area contributed by atoms with E-state index in [4.69, 9.17) is 10.5 Å². The predicted molar refractivity (Wildman–Crippen MR) is 58.5 cm³/mol. The first-order valence-corrected chi connectivity index (χ1v) is 4.88. The molecule has 18 heavy (non-hydrogen) atoms. The van der Waals surface area contributed by atoms with Crippen molar-refractivity contribution in [2.75, 3.05) is 13.7 Å². The fourth-order valence-corrected chi connectivity index (χ4v) is 1.20. The highest BCUT2D eigenvalue weighted by Gasteiger charge is 2.21. The third-order valence-corrected chi connectivity index (χ3v) is 2.07. The smallest absolute Gasteiger partial charge is 0.348 e. The number of ether oxygens (including phenoxy) is 2. The lowest BCUT2D eigenvalue weighted by Crippen LogP contribution is -2.35. The van der Waals surface area contributed by atoms with Crippen molar-refractivity contribution in [3.8, 4) is 5.75 Å². The average Bonchev–Trinajstić information content (AvgIpc) is 2.34. The van der Waals surface area contributed by atoms with Gasteiger partial charge in [-0.05, 0) is 6.07 Å². The monoisotopic (exact) mass is 258 g/mol. The molecule has 2 N–H and O–H groups in total. The summed E-state index contributed by atoms with van der Waals surface area (Å²) in [7, 11) is 1.16. The lowest BCUT2D eigenvalue weighted by Gasteiger charge is -2.14. The van der Waals surface area contributed by atoms with E-state index in [1.807, 2.05) is 0 Å². The number of rotatable bonds is 5. The van der Waals surface area contributed by atoms with Crippen LogP contribution in [0.15, 0.2) is 18.2 Å². The molecule has 0 aromatic heterocycles. The number of carbonyl (C=O) groups excluding carboxylic acids is 1. The molecule has 1 unspecified atom stereocenters. The van der Waals surface area contributed by atoms with Gasteiger partial charge in [0, 0.05) is 18.7 Å². The number of nitrogens with two attached hydrogens (primary N) is 1. The van der Waals surface area contributed by atoms with E-state index in [0.29, 0.717) is 0 Å². The van der Waals surface area contributed by atoms with Crippen LogP contribution in [0.1, 0.15) is 0 Å². The Hall–Kier alpha value is -2.22. The van der Waals surface area contributed by atoms with Gasteiger partial charge in [0.25, 0.3) is 0 Å². The number of hydrogen-bond donors (Lipinski definition) is 1. The van der Waals surface area contributed by atoms with Crippen molar-refractivity contribution in [1.82, 2.24) is 0 Å². The molecule has 1 aromatic carbocycles. The number of nitro benzene ring substituents is 1. The number of benzene rings is 1. The Labute approximate surface area is 101 Å². The number of esters is 1. The summed E-state index contributed by atoms with van der Waals surface area (Å²) in [6.45, 7) is -0.161. The summed E-state index contributed by atoms with van der Waals surface area (Å²) >= 11 is 0. The Morgan fingerprint density at radius 3 is 2.72 bits per heavy atom. The summed E-state index contributed by atoms with van der Waals surface area (Å²) in [6, 6.07) is 2.92. The first-order valence-electron chi connectivity index (χ1n) is 4.88. The van der Waals surface area contributed by atoms with Crippen LogP contribution in [0.2, 0.25) is 0 Å². The van der Waals surface area contributed by atoms with E-state index in [0.717, 1.165) is 19.2 Å². The van der Waals surface area contributed by atoms with Gasteiger partial charge < -0.3 is 15.2 Å². The number of hydrogen-bond acceptors (Lipinski definition) is 6. The van der Waals surface area contributed by atoms with E-state index >= 15 is 0 Å². The quantitative estimate of drug-likeness (QED) is 0.471. The molecule has 1 atom stereocenters. The third kappa shape index (κ3) is 3.14. The Morgan fingerprint density at radius 2 is 2.28 bits per heavy atom. The van der Waals surface area contributed by atoms with Crippen LogP contribution in [0.3, 0.4) is 0 Å². The first-order chi connectivity index (χ1) is 8.49. The Balaban J connectivity index is 2.88. The maximum absolute atomic E-state index is 13.3. The molecule has 0 aliphatic carbocycles. The largest absolute Gasteiger partial charge is 0.477 e. The molecule has 0 bridgehead atoms. The van der Waals surface area contributed by atoms with Crippen molar-refractivity contribution in [2.24, 2.45) is 5.73 Å². The second kappa shape index (κ2) is 5.92. The molecule has 0 fully saturated rings. The summed E-state index contributed by atoms with van der Waals surface area (Å²) in [6.07, 6.45) is -1.09. The van der Waals surface area contributed by atoms with Crippen LogP contribution in [-0.4, -0.2) is 30.7 Å². The van der Waals surface area contributed by atoms with E-state index in [2.05, 4.69) is 4.74 Å². The van der Waals surface area contributed by atoms with Crippen LogP contribution < -0.4 is 10.5 Å². The van der Waals surface area contributed by atoms with E-state index in [1.165, 1.54) is 6.07 Å². The van der Waals surface area contributed by atoms with Gasteiger partial charge in [-0.1, -0.05) is 0 Å². The minimum Gasteiger partial charge on any atom is -0.477 e. The van der Waals surface area contributed by atoms with Crippen molar-refractivity contribution in [3.63, 3.8) is 0 Å². The van der Waals surface area contributed by atoms with Crippen LogP contribution in [0.25, 0.3) is 0 Å². The van der Waals surface area contributed by atoms with Crippen molar-refractivity contribution in [2.45, 2.75) is 6.10 Å². The van der Waals surface area contributed by atoms with Crippen LogP contribution in [0.4, 0.5) is 10.1 Å². The second-order valence-electron chi connectivity index (χ2n) is 3.24. The molecular formula is C10H11FN2O5. The summed E-state index contributed by atoms with van der Waals surface area (Å²) < 4.78 is 22.8. The zero-order valence-corrected chi connectivity index (χ0v) is 9.46. The number of halogens is 1. The van der Waals surface area contributed by atoms with E-state index in [1.54, 1.807) is 0 Å². The van der Waals surface area contributed by atoms with E-state index in [-0.39, 0.29) is 12.3 Å². The van der Waals surface area contributed by atoms with Gasteiger partial charge in [-0.2, -0.15) is 4.39 Å². The first kappa shape index (κ1) is 13.8. The van der Waals surface area contributed by atoms with Crippen molar-refractivity contribution in [1.29, 1.82) is 0 Å². The fraction of sp³-hybridized carbons (Fsp3) is 0.300. The minimum absolute atomic E-state index is 0.0426. The molecule has 1 aromatic rings. The molecule has 0 saturated carbocycles. The highest BCUT2D eigenvalue weighted by atomic mass is 19.1. The molecule has 7 nitrogen and oxygen atoms in total. The molecular weight excluding hydrogens is 247 g/mol. The van der Waals surface area contributed by atoms with E-state index in [9.17, 15) is 19.3 Å². The van der Waals surface area contributed by atoms with Gasteiger partial charge in [0.2, 0.25) is 11.9 Å². The molecule has 0 aliphatic heterocycles. The number of nitro groups is 1. The molecule has 0 aliphatic rings. The van der Waals surface area contributed by atoms with Gasteiger partial charge in [0.15, 0.2) is 0 Å². The zero-order chi connectivity index (χ0) is 13.7. The summed E-state index contributed by atoms with van der Waals surface area (Å²) in [5, 5.41) is 10.4. The zero-order valence-electron chi connectivity index (χ0n) is 9.46. The van der Waals surface area contributed by atoms with Gasteiger partial charge in [0.1, 0.15) is 5.75 Å². The summed E-state index contributed by atoms with van der Waals surface area (Å²) in [5.41, 5.74) is 4.61. The molecule has 0 radical (unpaired) electrons. The van der Waals surface area contributed by atoms with Crippen LogP contribution in [-0.2, 0) is 9.53 Å². The van der Waals surface area contributed by atoms with Crippen LogP contribution in [0, 0.1) is 15.9 Å². The number of methoxy groups -OCH3 is 1. The minimum atomic E-state index is -1.09. The van der Waals surface area contributed by atoms with Crippen molar-refractivity contribution >= 4 is 11.7 Å². The summed E-state index contributed by atoms with van der Waals surface area (Å²) in [4.78, 5) is 20.7. The van der Waals surface area contributed by atoms with E-state index < -0.39 is 28.5 Å². The predicted octanol–water partition coefficient (Wildman–Crippen LogP) is 0.613. The van der Waals surface area contributed by atoms with Crippen molar-refractivity contribution < 1.29 is 23.6 Å². The summed E-state index contributed by atoms with van der Waals surface area (Å²) in [5.74, 6) is -1.81. The highest BCUT2D eigenvalue weighted by Crippen LogP contribution is 2.23. The maximum Gasteiger partial charge on any atom is 0.348 e. The Morgan fingerprint density at radius 1 is 1.61 bits per heavy atom. The fourth-order valence-electron chi connectivity index (χ4n) is 1.20. The SMILES string of the molecule is COC(=O)C(CN)Oc1ccc([N+](=O)[O-])c(F)c1. The van der Waals surface area contributed by atoms with Crippen LogP contribution >= 0.6 is 0 Å². The lowest BCUT2D eigenvalue weighted by molar-refractivity contribution is -0.387.